The van der Waals surface area contributed by atoms with Crippen LogP contribution in [0.3, 0.4) is 0 Å². The second-order valence-electron chi connectivity index (χ2n) is 8.32. The van der Waals surface area contributed by atoms with Gasteiger partial charge in [0, 0.05) is 45.9 Å². The molecule has 1 aromatic heterocycles. The van der Waals surface area contributed by atoms with Gasteiger partial charge in [-0.05, 0) is 37.0 Å². The molecular formula is C22H31FN6O3. The summed E-state index contributed by atoms with van der Waals surface area (Å²) in [6.07, 6.45) is 2.37. The van der Waals surface area contributed by atoms with Gasteiger partial charge in [-0.3, -0.25) is 4.90 Å². The molecule has 1 fully saturated rings. The first-order chi connectivity index (χ1) is 15.6. The van der Waals surface area contributed by atoms with Crippen LogP contribution in [0, 0.1) is 5.82 Å². The van der Waals surface area contributed by atoms with Crippen molar-refractivity contribution in [2.24, 2.45) is 0 Å². The Kier molecular flexibility index (Phi) is 7.67. The average molecular weight is 447 g/mol. The smallest absolute Gasteiger partial charge is 0.315 e. The molecule has 2 N–H and O–H groups in total. The Morgan fingerprint density at radius 1 is 1.34 bits per heavy atom. The van der Waals surface area contributed by atoms with Gasteiger partial charge in [0.15, 0.2) is 0 Å². The summed E-state index contributed by atoms with van der Waals surface area (Å²) in [5.74, 6) is -0.266. The van der Waals surface area contributed by atoms with E-state index in [-0.39, 0.29) is 24.0 Å². The molecule has 0 aliphatic carbocycles. The summed E-state index contributed by atoms with van der Waals surface area (Å²) in [4.78, 5) is 14.3. The lowest BCUT2D eigenvalue weighted by Crippen LogP contribution is -2.48. The van der Waals surface area contributed by atoms with Crippen molar-refractivity contribution in [1.29, 1.82) is 0 Å². The topological polar surface area (TPSA) is 93.5 Å². The first kappa shape index (κ1) is 22.6. The fourth-order valence-corrected chi connectivity index (χ4v) is 4.20. The Morgan fingerprint density at radius 2 is 2.19 bits per heavy atom. The summed E-state index contributed by atoms with van der Waals surface area (Å²) in [5, 5.41) is 14.6. The zero-order valence-electron chi connectivity index (χ0n) is 18.4. The molecule has 174 valence electrons. The number of amides is 2. The third-order valence-electron chi connectivity index (χ3n) is 6.01. The molecular weight excluding hydrogens is 415 g/mol. The van der Waals surface area contributed by atoms with Crippen LogP contribution in [0.25, 0.3) is 0 Å². The molecule has 0 spiro atoms. The van der Waals surface area contributed by atoms with Crippen LogP contribution in [0.15, 0.2) is 24.3 Å². The number of hydrogen-bond donors (Lipinski definition) is 2. The molecule has 1 aromatic carbocycles. The number of aromatic nitrogens is 3. The molecule has 0 unspecified atom stereocenters. The third kappa shape index (κ3) is 5.81. The number of urea groups is 1. The Labute approximate surface area is 187 Å². The minimum atomic E-state index is -0.266. The summed E-state index contributed by atoms with van der Waals surface area (Å²) in [6, 6.07) is 6.56. The number of benzene rings is 1. The van der Waals surface area contributed by atoms with Gasteiger partial charge in [-0.15, -0.1) is 5.10 Å². The van der Waals surface area contributed by atoms with Crippen LogP contribution in [0.1, 0.15) is 42.3 Å². The van der Waals surface area contributed by atoms with Crippen LogP contribution in [-0.2, 0) is 29.2 Å². The second-order valence-corrected chi connectivity index (χ2v) is 8.32. The zero-order chi connectivity index (χ0) is 22.3. The van der Waals surface area contributed by atoms with Gasteiger partial charge in [-0.25, -0.2) is 13.9 Å². The molecule has 1 atom stereocenters. The first-order valence-corrected chi connectivity index (χ1v) is 11.2. The normalized spacial score (nSPS) is 19.5. The molecule has 10 heteroatoms. The second kappa shape index (κ2) is 10.8. The maximum atomic E-state index is 13.5. The maximum absolute atomic E-state index is 13.5. The van der Waals surface area contributed by atoms with Gasteiger partial charge in [0.1, 0.15) is 17.6 Å². The lowest BCUT2D eigenvalue weighted by atomic mass is 10.0. The summed E-state index contributed by atoms with van der Waals surface area (Å²) in [6.45, 7) is 4.66. The van der Waals surface area contributed by atoms with Crippen molar-refractivity contribution in [3.63, 3.8) is 0 Å². The van der Waals surface area contributed by atoms with Crippen LogP contribution in [0.2, 0.25) is 0 Å². The largest absolute Gasteiger partial charge is 0.385 e. The van der Waals surface area contributed by atoms with Gasteiger partial charge in [-0.2, -0.15) is 0 Å². The van der Waals surface area contributed by atoms with Crippen molar-refractivity contribution in [2.75, 3.05) is 33.4 Å². The van der Waals surface area contributed by atoms with Gasteiger partial charge in [-0.1, -0.05) is 17.3 Å². The van der Waals surface area contributed by atoms with E-state index in [1.54, 1.807) is 13.2 Å². The highest BCUT2D eigenvalue weighted by Crippen LogP contribution is 2.28. The predicted octanol–water partition coefficient (Wildman–Crippen LogP) is 1.99. The number of carbonyl (C=O) groups excluding carboxylic acids is 1. The zero-order valence-corrected chi connectivity index (χ0v) is 18.4. The minimum absolute atomic E-state index is 0.114. The number of piperidine rings is 1. The minimum Gasteiger partial charge on any atom is -0.385 e. The van der Waals surface area contributed by atoms with Crippen molar-refractivity contribution in [1.82, 2.24) is 30.5 Å². The number of ether oxygens (including phenoxy) is 2. The van der Waals surface area contributed by atoms with E-state index in [4.69, 9.17) is 9.47 Å². The van der Waals surface area contributed by atoms with E-state index in [1.807, 2.05) is 10.7 Å². The van der Waals surface area contributed by atoms with E-state index in [1.165, 1.54) is 12.1 Å². The van der Waals surface area contributed by atoms with Crippen molar-refractivity contribution >= 4 is 6.03 Å². The SMILES string of the molecule is COCCCNC(=O)NC1CCN(Cc2nnn3c2CO[C@H](c2cccc(F)c2)C3)CC1. The monoisotopic (exact) mass is 446 g/mol. The van der Waals surface area contributed by atoms with E-state index in [2.05, 4.69) is 25.8 Å². The molecule has 2 aliphatic heterocycles. The molecule has 2 amide bonds. The molecule has 2 aliphatic rings. The lowest BCUT2D eigenvalue weighted by Gasteiger charge is -2.32. The van der Waals surface area contributed by atoms with E-state index < -0.39 is 0 Å². The first-order valence-electron chi connectivity index (χ1n) is 11.2. The Morgan fingerprint density at radius 3 is 2.97 bits per heavy atom. The molecule has 3 heterocycles. The van der Waals surface area contributed by atoms with Gasteiger partial charge in [0.05, 0.1) is 18.8 Å². The van der Waals surface area contributed by atoms with Crippen LogP contribution in [0.5, 0.6) is 0 Å². The quantitative estimate of drug-likeness (QED) is 0.603. The number of halogens is 1. The van der Waals surface area contributed by atoms with E-state index >= 15 is 0 Å². The van der Waals surface area contributed by atoms with Crippen LogP contribution in [0.4, 0.5) is 9.18 Å². The van der Waals surface area contributed by atoms with Crippen molar-refractivity contribution < 1.29 is 18.7 Å². The highest BCUT2D eigenvalue weighted by atomic mass is 19.1. The molecule has 1 saturated heterocycles. The van der Waals surface area contributed by atoms with Crippen molar-refractivity contribution in [3.8, 4) is 0 Å². The Balaban J connectivity index is 1.23. The van der Waals surface area contributed by atoms with E-state index in [9.17, 15) is 9.18 Å². The van der Waals surface area contributed by atoms with Crippen LogP contribution >= 0.6 is 0 Å². The predicted molar refractivity (Wildman–Crippen MR) is 115 cm³/mol. The number of nitrogens with zero attached hydrogens (tertiary/aromatic N) is 4. The standard InChI is InChI=1S/C22H31FN6O3/c1-31-11-3-8-24-22(30)25-18-6-9-28(10-7-18)13-19-20-15-32-21(14-29(20)27-26-19)16-4-2-5-17(23)12-16/h2,4-5,12,18,21H,3,6-11,13-15H2,1H3,(H2,24,25,30)/t21-/m0/s1. The number of nitrogens with one attached hydrogen (secondary N) is 2. The molecule has 32 heavy (non-hydrogen) atoms. The molecule has 0 saturated carbocycles. The summed E-state index contributed by atoms with van der Waals surface area (Å²) in [7, 11) is 1.65. The van der Waals surface area contributed by atoms with Gasteiger partial charge >= 0.3 is 6.03 Å². The number of hydrogen-bond acceptors (Lipinski definition) is 6. The number of fused-ring (bicyclic) bond motifs is 1. The van der Waals surface area contributed by atoms with Gasteiger partial charge in [0.25, 0.3) is 0 Å². The summed E-state index contributed by atoms with van der Waals surface area (Å²) >= 11 is 0. The lowest BCUT2D eigenvalue weighted by molar-refractivity contribution is -0.00232. The Bertz CT molecular complexity index is 900. The van der Waals surface area contributed by atoms with E-state index in [0.29, 0.717) is 32.8 Å². The molecule has 4 rings (SSSR count). The van der Waals surface area contributed by atoms with Gasteiger partial charge < -0.3 is 20.1 Å². The fourth-order valence-electron chi connectivity index (χ4n) is 4.20. The van der Waals surface area contributed by atoms with Crippen molar-refractivity contribution in [2.45, 2.75) is 51.1 Å². The molecule has 2 aromatic rings. The number of carbonyl (C=O) groups is 1. The number of rotatable bonds is 8. The van der Waals surface area contributed by atoms with Crippen LogP contribution < -0.4 is 10.6 Å². The highest BCUT2D eigenvalue weighted by Gasteiger charge is 2.27. The average Bonchev–Trinajstić information content (AvgIpc) is 3.20. The summed E-state index contributed by atoms with van der Waals surface area (Å²) in [5.41, 5.74) is 2.71. The highest BCUT2D eigenvalue weighted by molar-refractivity contribution is 5.74. The number of methoxy groups -OCH3 is 1. The maximum Gasteiger partial charge on any atom is 0.315 e. The van der Waals surface area contributed by atoms with E-state index in [0.717, 1.165) is 49.3 Å². The Hall–Kier alpha value is -2.56. The fraction of sp³-hybridized carbons (Fsp3) is 0.591. The van der Waals surface area contributed by atoms with Crippen LogP contribution in [-0.4, -0.2) is 65.3 Å². The summed E-state index contributed by atoms with van der Waals surface area (Å²) < 4.78 is 26.4. The van der Waals surface area contributed by atoms with Crippen molar-refractivity contribution in [3.05, 3.63) is 47.0 Å². The molecule has 0 radical (unpaired) electrons. The third-order valence-corrected chi connectivity index (χ3v) is 6.01. The molecule has 0 bridgehead atoms. The van der Waals surface area contributed by atoms with Gasteiger partial charge in [0.2, 0.25) is 0 Å². The number of likely N-dealkylation sites (tertiary alicyclic amines) is 1. The molecule has 9 nitrogen and oxygen atoms in total.